The van der Waals surface area contributed by atoms with Crippen molar-refractivity contribution in [3.63, 3.8) is 0 Å². The Morgan fingerprint density at radius 3 is 2.67 bits per heavy atom. The molecule has 0 fully saturated rings. The number of hydrogen-bond acceptors (Lipinski definition) is 2. The Labute approximate surface area is 85.9 Å². The van der Waals surface area contributed by atoms with Gasteiger partial charge >= 0.3 is 0 Å². The smallest absolute Gasteiger partial charge is 0.147 e. The van der Waals surface area contributed by atoms with Crippen LogP contribution in [0.25, 0.3) is 0 Å². The Morgan fingerprint density at radius 2 is 2.17 bits per heavy atom. The topological polar surface area (TPSA) is 25.8 Å². The van der Waals surface area contributed by atoms with Gasteiger partial charge in [0.25, 0.3) is 0 Å². The lowest BCUT2D eigenvalue weighted by atomic mass is 10.4. The number of halogens is 3. The quantitative estimate of drug-likeness (QED) is 0.571. The summed E-state index contributed by atoms with van der Waals surface area (Å²) in [4.78, 5) is 8.04. The summed E-state index contributed by atoms with van der Waals surface area (Å²) in [7, 11) is 0. The molecule has 0 unspecified atom stereocenters. The molecule has 0 aliphatic rings. The third-order valence-corrected chi connectivity index (χ3v) is 1.92. The van der Waals surface area contributed by atoms with Crippen LogP contribution in [0.2, 0.25) is 5.15 Å². The summed E-state index contributed by atoms with van der Waals surface area (Å²) in [6, 6.07) is 1.62. The minimum atomic E-state index is -0.245. The fraction of sp³-hybridized carbons (Fsp3) is 0.429. The van der Waals surface area contributed by atoms with Crippen molar-refractivity contribution in [3.8, 4) is 0 Å². The molecule has 0 aliphatic heterocycles. The van der Waals surface area contributed by atoms with E-state index < -0.39 is 0 Å². The molecule has 66 valence electrons. The van der Waals surface area contributed by atoms with Crippen LogP contribution >= 0.6 is 34.8 Å². The van der Waals surface area contributed by atoms with Gasteiger partial charge in [0, 0.05) is 0 Å². The molecular formula is C7H7Cl3N2. The molecule has 0 radical (unpaired) electrons. The van der Waals surface area contributed by atoms with E-state index in [-0.39, 0.29) is 5.38 Å². The molecule has 0 aromatic carbocycles. The first-order valence-corrected chi connectivity index (χ1v) is 4.71. The zero-order valence-corrected chi connectivity index (χ0v) is 8.66. The Morgan fingerprint density at radius 1 is 1.50 bits per heavy atom. The third-order valence-electron chi connectivity index (χ3n) is 1.26. The van der Waals surface area contributed by atoms with Crippen LogP contribution in [0.5, 0.6) is 0 Å². The maximum atomic E-state index is 5.78. The summed E-state index contributed by atoms with van der Waals surface area (Å²) < 4.78 is 0. The van der Waals surface area contributed by atoms with E-state index in [1.54, 1.807) is 13.0 Å². The number of aromatic nitrogens is 2. The molecule has 1 heterocycles. The van der Waals surface area contributed by atoms with E-state index >= 15 is 0 Å². The van der Waals surface area contributed by atoms with Gasteiger partial charge in [-0.15, -0.1) is 23.2 Å². The average Bonchev–Trinajstić information content (AvgIpc) is 2.03. The molecule has 0 N–H and O–H groups in total. The fourth-order valence-corrected chi connectivity index (χ4v) is 1.18. The van der Waals surface area contributed by atoms with E-state index in [0.29, 0.717) is 22.6 Å². The third kappa shape index (κ3) is 2.47. The molecule has 1 atom stereocenters. The minimum absolute atomic E-state index is 0.245. The Balaban J connectivity index is 3.06. The summed E-state index contributed by atoms with van der Waals surface area (Å²) in [5, 5.41) is 0.133. The zero-order chi connectivity index (χ0) is 9.14. The van der Waals surface area contributed by atoms with Crippen LogP contribution in [0, 0.1) is 0 Å². The van der Waals surface area contributed by atoms with Crippen LogP contribution in [-0.4, -0.2) is 9.97 Å². The van der Waals surface area contributed by atoms with Crippen molar-refractivity contribution >= 4 is 34.8 Å². The fourth-order valence-electron chi connectivity index (χ4n) is 0.730. The van der Waals surface area contributed by atoms with Crippen molar-refractivity contribution in [2.75, 3.05) is 0 Å². The highest BCUT2D eigenvalue weighted by atomic mass is 35.5. The van der Waals surface area contributed by atoms with Gasteiger partial charge in [0.05, 0.1) is 17.0 Å². The second-order valence-electron chi connectivity index (χ2n) is 2.29. The van der Waals surface area contributed by atoms with Crippen LogP contribution < -0.4 is 0 Å². The van der Waals surface area contributed by atoms with E-state index in [1.165, 1.54) is 0 Å². The van der Waals surface area contributed by atoms with Crippen LogP contribution in [0.15, 0.2) is 6.07 Å². The van der Waals surface area contributed by atoms with E-state index in [2.05, 4.69) is 9.97 Å². The first kappa shape index (κ1) is 10.0. The van der Waals surface area contributed by atoms with E-state index in [0.717, 1.165) is 0 Å². The zero-order valence-electron chi connectivity index (χ0n) is 6.39. The summed E-state index contributed by atoms with van der Waals surface area (Å²) >= 11 is 17.1. The van der Waals surface area contributed by atoms with Crippen molar-refractivity contribution in [3.05, 3.63) is 22.7 Å². The SMILES string of the molecule is C[C@H](Cl)c1nc(Cl)cc(CCl)n1. The largest absolute Gasteiger partial charge is 0.235 e. The highest BCUT2D eigenvalue weighted by molar-refractivity contribution is 6.29. The van der Waals surface area contributed by atoms with E-state index in [1.807, 2.05) is 0 Å². The summed E-state index contributed by atoms with van der Waals surface area (Å²) in [6.45, 7) is 1.78. The van der Waals surface area contributed by atoms with Crippen LogP contribution in [-0.2, 0) is 5.88 Å². The molecule has 12 heavy (non-hydrogen) atoms. The molecule has 2 nitrogen and oxygen atoms in total. The van der Waals surface area contributed by atoms with Gasteiger partial charge in [0.1, 0.15) is 11.0 Å². The average molecular weight is 226 g/mol. The van der Waals surface area contributed by atoms with Crippen LogP contribution in [0.3, 0.4) is 0 Å². The molecule has 0 amide bonds. The van der Waals surface area contributed by atoms with Crippen molar-refractivity contribution < 1.29 is 0 Å². The van der Waals surface area contributed by atoms with Gasteiger partial charge in [0.15, 0.2) is 0 Å². The van der Waals surface area contributed by atoms with Crippen molar-refractivity contribution in [2.24, 2.45) is 0 Å². The van der Waals surface area contributed by atoms with E-state index in [4.69, 9.17) is 34.8 Å². The predicted molar refractivity (Wildman–Crippen MR) is 50.9 cm³/mol. The van der Waals surface area contributed by atoms with E-state index in [9.17, 15) is 0 Å². The molecule has 1 aromatic heterocycles. The number of rotatable bonds is 2. The highest BCUT2D eigenvalue weighted by Gasteiger charge is 2.07. The van der Waals surface area contributed by atoms with Gasteiger partial charge in [-0.25, -0.2) is 9.97 Å². The molecule has 1 rings (SSSR count). The summed E-state index contributed by atoms with van der Waals surface area (Å²) in [6.07, 6.45) is 0. The lowest BCUT2D eigenvalue weighted by Gasteiger charge is -2.03. The monoisotopic (exact) mass is 224 g/mol. The standard InChI is InChI=1S/C7H7Cl3N2/c1-4(9)7-11-5(3-8)2-6(10)12-7/h2,4H,3H2,1H3/t4-/m0/s1. The molecule has 5 heteroatoms. The molecule has 1 aromatic rings. The van der Waals surface area contributed by atoms with Gasteiger partial charge in [-0.3, -0.25) is 0 Å². The first-order valence-electron chi connectivity index (χ1n) is 3.37. The van der Waals surface area contributed by atoms with Crippen molar-refractivity contribution in [1.29, 1.82) is 0 Å². The second-order valence-corrected chi connectivity index (χ2v) is 3.60. The summed E-state index contributed by atoms with van der Waals surface area (Å²) in [5.41, 5.74) is 0.694. The molecule has 0 saturated heterocycles. The Bertz CT molecular complexity index is 275. The number of hydrogen-bond donors (Lipinski definition) is 0. The van der Waals surface area contributed by atoms with Crippen LogP contribution in [0.1, 0.15) is 23.8 Å². The van der Waals surface area contributed by atoms with Gasteiger partial charge < -0.3 is 0 Å². The predicted octanol–water partition coefficient (Wildman–Crippen LogP) is 3.17. The molecule has 0 saturated carbocycles. The number of nitrogens with zero attached hydrogens (tertiary/aromatic N) is 2. The van der Waals surface area contributed by atoms with Crippen LogP contribution in [0.4, 0.5) is 0 Å². The van der Waals surface area contributed by atoms with Gasteiger partial charge in [-0.1, -0.05) is 11.6 Å². The normalized spacial score (nSPS) is 13.0. The van der Waals surface area contributed by atoms with Gasteiger partial charge in [-0.05, 0) is 13.0 Å². The summed E-state index contributed by atoms with van der Waals surface area (Å²) in [5.74, 6) is 0.832. The van der Waals surface area contributed by atoms with Crippen molar-refractivity contribution in [2.45, 2.75) is 18.2 Å². The van der Waals surface area contributed by atoms with Gasteiger partial charge in [0.2, 0.25) is 0 Å². The lowest BCUT2D eigenvalue weighted by Crippen LogP contribution is -1.98. The highest BCUT2D eigenvalue weighted by Crippen LogP contribution is 2.18. The first-order chi connectivity index (χ1) is 5.63. The lowest BCUT2D eigenvalue weighted by molar-refractivity contribution is 0.887. The molecule has 0 bridgehead atoms. The number of alkyl halides is 2. The van der Waals surface area contributed by atoms with Crippen molar-refractivity contribution in [1.82, 2.24) is 9.97 Å². The molecular weight excluding hydrogens is 218 g/mol. The second kappa shape index (κ2) is 4.26. The van der Waals surface area contributed by atoms with Gasteiger partial charge in [-0.2, -0.15) is 0 Å². The Kier molecular flexibility index (Phi) is 3.56. The minimum Gasteiger partial charge on any atom is -0.235 e. The maximum Gasteiger partial charge on any atom is 0.147 e. The molecule has 0 spiro atoms. The molecule has 0 aliphatic carbocycles. The Hall–Kier alpha value is -0.0500. The maximum absolute atomic E-state index is 5.78.